The second-order valence-electron chi connectivity index (χ2n) is 8.37. The Bertz CT molecular complexity index is 1340. The Morgan fingerprint density at radius 3 is 2.49 bits per heavy atom. The monoisotopic (exact) mass is 484 g/mol. The van der Waals surface area contributed by atoms with E-state index in [1.807, 2.05) is 72.5 Å². The van der Waals surface area contributed by atoms with Crippen LogP contribution in [0, 0.1) is 6.92 Å². The summed E-state index contributed by atoms with van der Waals surface area (Å²) in [5.41, 5.74) is 2.95. The van der Waals surface area contributed by atoms with Gasteiger partial charge in [0.25, 0.3) is 0 Å². The van der Waals surface area contributed by atoms with Crippen LogP contribution in [-0.4, -0.2) is 49.7 Å². The van der Waals surface area contributed by atoms with E-state index in [-0.39, 0.29) is 31.4 Å². The molecule has 0 spiro atoms. The van der Waals surface area contributed by atoms with Crippen LogP contribution in [0.5, 0.6) is 0 Å². The molecule has 9 heteroatoms. The molecule has 1 aliphatic heterocycles. The van der Waals surface area contributed by atoms with Crippen LogP contribution in [0.4, 0.5) is 11.6 Å². The zero-order valence-electron chi connectivity index (χ0n) is 19.2. The van der Waals surface area contributed by atoms with Gasteiger partial charge in [-0.1, -0.05) is 36.4 Å². The van der Waals surface area contributed by atoms with Gasteiger partial charge in [-0.15, -0.1) is 11.3 Å². The van der Waals surface area contributed by atoms with E-state index >= 15 is 0 Å². The van der Waals surface area contributed by atoms with E-state index in [0.29, 0.717) is 17.4 Å². The van der Waals surface area contributed by atoms with Gasteiger partial charge in [-0.25, -0.2) is 15.0 Å². The first-order valence-corrected chi connectivity index (χ1v) is 12.1. The molecule has 176 valence electrons. The molecule has 1 N–H and O–H groups in total. The van der Waals surface area contributed by atoms with E-state index in [4.69, 9.17) is 0 Å². The molecule has 0 radical (unpaired) electrons. The fourth-order valence-electron chi connectivity index (χ4n) is 3.89. The molecule has 4 heterocycles. The number of hydrogen-bond donors (Lipinski definition) is 1. The number of carbonyl (C=O) groups excluding carboxylic acids is 2. The SMILES string of the molecule is Cc1ccnc(Nc2cccc(-c3cnc(CN4C(=O)CN(Cc5ccccc5)CC4=O)s3)n2)c1. The summed E-state index contributed by atoms with van der Waals surface area (Å²) >= 11 is 1.43. The van der Waals surface area contributed by atoms with Crippen LogP contribution in [0.15, 0.2) is 73.1 Å². The number of amides is 2. The van der Waals surface area contributed by atoms with Crippen molar-refractivity contribution in [1.82, 2.24) is 24.8 Å². The van der Waals surface area contributed by atoms with E-state index in [1.54, 1.807) is 12.4 Å². The van der Waals surface area contributed by atoms with Crippen molar-refractivity contribution in [3.8, 4) is 10.6 Å². The Hall–Kier alpha value is -3.95. The number of piperazine rings is 1. The lowest BCUT2D eigenvalue weighted by atomic mass is 10.2. The zero-order chi connectivity index (χ0) is 24.2. The molecule has 1 aliphatic rings. The third-order valence-corrected chi connectivity index (χ3v) is 6.59. The molecular formula is C26H24N6O2S. The number of imide groups is 1. The molecule has 0 aliphatic carbocycles. The summed E-state index contributed by atoms with van der Waals surface area (Å²) in [6.07, 6.45) is 3.48. The van der Waals surface area contributed by atoms with Gasteiger partial charge in [0.05, 0.1) is 30.2 Å². The lowest BCUT2D eigenvalue weighted by molar-refractivity contribution is -0.152. The summed E-state index contributed by atoms with van der Waals surface area (Å²) in [7, 11) is 0. The quantitative estimate of drug-likeness (QED) is 0.396. The number of aromatic nitrogens is 3. The number of pyridine rings is 2. The van der Waals surface area contributed by atoms with E-state index in [2.05, 4.69) is 20.3 Å². The number of nitrogens with one attached hydrogen (secondary N) is 1. The van der Waals surface area contributed by atoms with Gasteiger partial charge in [0.1, 0.15) is 16.6 Å². The second-order valence-corrected chi connectivity index (χ2v) is 9.49. The molecule has 1 fully saturated rings. The fraction of sp³-hybridized carbons (Fsp3) is 0.192. The number of benzene rings is 1. The van der Waals surface area contributed by atoms with Crippen LogP contribution < -0.4 is 5.32 Å². The molecule has 0 atom stereocenters. The van der Waals surface area contributed by atoms with Crippen molar-refractivity contribution in [2.24, 2.45) is 0 Å². The van der Waals surface area contributed by atoms with Crippen molar-refractivity contribution in [3.63, 3.8) is 0 Å². The number of thiazole rings is 1. The van der Waals surface area contributed by atoms with E-state index in [1.165, 1.54) is 16.2 Å². The van der Waals surface area contributed by atoms with Gasteiger partial charge >= 0.3 is 0 Å². The highest BCUT2D eigenvalue weighted by atomic mass is 32.1. The maximum atomic E-state index is 12.7. The Balaban J connectivity index is 1.24. The minimum atomic E-state index is -0.205. The minimum absolute atomic E-state index is 0.173. The molecule has 1 saturated heterocycles. The minimum Gasteiger partial charge on any atom is -0.325 e. The largest absolute Gasteiger partial charge is 0.325 e. The maximum Gasteiger partial charge on any atom is 0.243 e. The van der Waals surface area contributed by atoms with Crippen LogP contribution in [0.2, 0.25) is 0 Å². The highest BCUT2D eigenvalue weighted by Crippen LogP contribution is 2.27. The summed E-state index contributed by atoms with van der Waals surface area (Å²) in [6.45, 7) is 3.17. The summed E-state index contributed by atoms with van der Waals surface area (Å²) < 4.78 is 0. The summed E-state index contributed by atoms with van der Waals surface area (Å²) in [4.78, 5) is 43.0. The van der Waals surface area contributed by atoms with E-state index in [9.17, 15) is 9.59 Å². The van der Waals surface area contributed by atoms with E-state index in [0.717, 1.165) is 27.5 Å². The first-order chi connectivity index (χ1) is 17.0. The average molecular weight is 485 g/mol. The van der Waals surface area contributed by atoms with Crippen LogP contribution in [0.25, 0.3) is 10.6 Å². The first kappa shape index (κ1) is 22.8. The molecule has 1 aromatic carbocycles. The lowest BCUT2D eigenvalue weighted by Gasteiger charge is -2.32. The molecule has 35 heavy (non-hydrogen) atoms. The Morgan fingerprint density at radius 2 is 1.71 bits per heavy atom. The lowest BCUT2D eigenvalue weighted by Crippen LogP contribution is -2.53. The maximum absolute atomic E-state index is 12.7. The number of nitrogens with zero attached hydrogens (tertiary/aromatic N) is 5. The van der Waals surface area contributed by atoms with Crippen LogP contribution in [0.1, 0.15) is 16.1 Å². The van der Waals surface area contributed by atoms with Crippen molar-refractivity contribution in [2.45, 2.75) is 20.0 Å². The van der Waals surface area contributed by atoms with Crippen LogP contribution in [0.3, 0.4) is 0 Å². The molecule has 4 aromatic rings. The molecule has 0 bridgehead atoms. The van der Waals surface area contributed by atoms with Gasteiger partial charge in [0, 0.05) is 18.9 Å². The first-order valence-electron chi connectivity index (χ1n) is 11.2. The van der Waals surface area contributed by atoms with E-state index < -0.39 is 0 Å². The molecule has 8 nitrogen and oxygen atoms in total. The molecule has 5 rings (SSSR count). The average Bonchev–Trinajstić information content (AvgIpc) is 3.31. The van der Waals surface area contributed by atoms with Crippen molar-refractivity contribution in [1.29, 1.82) is 0 Å². The number of hydrogen-bond acceptors (Lipinski definition) is 8. The number of rotatable bonds is 7. The number of carbonyl (C=O) groups is 2. The molecular weight excluding hydrogens is 460 g/mol. The topological polar surface area (TPSA) is 91.3 Å². The fourth-order valence-corrected chi connectivity index (χ4v) is 4.77. The Kier molecular flexibility index (Phi) is 6.60. The normalized spacial score (nSPS) is 14.4. The van der Waals surface area contributed by atoms with Gasteiger partial charge < -0.3 is 5.32 Å². The summed E-state index contributed by atoms with van der Waals surface area (Å²) in [6, 6.07) is 19.4. The van der Waals surface area contributed by atoms with Gasteiger partial charge in [-0.3, -0.25) is 19.4 Å². The van der Waals surface area contributed by atoms with Crippen molar-refractivity contribution < 1.29 is 9.59 Å². The number of anilines is 2. The Labute approximate surface area is 207 Å². The zero-order valence-corrected chi connectivity index (χ0v) is 20.0. The van der Waals surface area contributed by atoms with Gasteiger partial charge in [0.15, 0.2) is 0 Å². The highest BCUT2D eigenvalue weighted by molar-refractivity contribution is 7.15. The van der Waals surface area contributed by atoms with Crippen molar-refractivity contribution >= 4 is 34.8 Å². The Morgan fingerprint density at radius 1 is 0.914 bits per heavy atom. The third kappa shape index (κ3) is 5.59. The van der Waals surface area contributed by atoms with Gasteiger partial charge in [-0.2, -0.15) is 0 Å². The molecule has 0 unspecified atom stereocenters. The standard InChI is InChI=1S/C26H24N6O2S/c1-18-10-11-27-23(12-18)30-22-9-5-8-20(29-22)21-13-28-24(35-21)15-32-25(33)16-31(17-26(32)34)14-19-6-3-2-4-7-19/h2-13H,14-17H2,1H3,(H,27,29,30). The van der Waals surface area contributed by atoms with Gasteiger partial charge in [-0.05, 0) is 42.3 Å². The summed E-state index contributed by atoms with van der Waals surface area (Å²) in [5, 5.41) is 3.91. The summed E-state index contributed by atoms with van der Waals surface area (Å²) in [5.74, 6) is 0.992. The predicted molar refractivity (Wildman–Crippen MR) is 135 cm³/mol. The van der Waals surface area contributed by atoms with Crippen LogP contribution in [-0.2, 0) is 22.7 Å². The predicted octanol–water partition coefficient (Wildman–Crippen LogP) is 4.02. The number of aryl methyl sites for hydroxylation is 1. The van der Waals surface area contributed by atoms with Gasteiger partial charge in [0.2, 0.25) is 11.8 Å². The smallest absolute Gasteiger partial charge is 0.243 e. The van der Waals surface area contributed by atoms with Crippen molar-refractivity contribution in [2.75, 3.05) is 18.4 Å². The molecule has 3 aromatic heterocycles. The molecule has 2 amide bonds. The highest BCUT2D eigenvalue weighted by Gasteiger charge is 2.31. The van der Waals surface area contributed by atoms with Crippen LogP contribution >= 0.6 is 11.3 Å². The second kappa shape index (κ2) is 10.1. The third-order valence-electron chi connectivity index (χ3n) is 5.59. The molecule has 0 saturated carbocycles. The van der Waals surface area contributed by atoms with Crippen molar-refractivity contribution in [3.05, 3.63) is 89.2 Å².